The summed E-state index contributed by atoms with van der Waals surface area (Å²) in [6.07, 6.45) is 0.780. The largest absolute Gasteiger partial charge is 0.478 e. The van der Waals surface area contributed by atoms with Crippen molar-refractivity contribution in [1.82, 2.24) is 10.3 Å². The fourth-order valence-corrected chi connectivity index (χ4v) is 1.97. The van der Waals surface area contributed by atoms with E-state index >= 15 is 0 Å². The van der Waals surface area contributed by atoms with Gasteiger partial charge in [0.25, 0.3) is 0 Å². The maximum absolute atomic E-state index is 11.4. The number of aromatic nitrogens is 1. The number of carbonyl (C=O) groups is 2. The molecule has 18 heavy (non-hydrogen) atoms. The zero-order valence-electron chi connectivity index (χ0n) is 9.52. The van der Waals surface area contributed by atoms with Crippen molar-refractivity contribution >= 4 is 29.3 Å². The standard InChI is InChI=1S/C11H12ClN3O3/c12-8-4-7(11(17)18)5-9(14-8)15-3-1-2-13-10(16)6-15/h4-5H,1-3,6H2,(H,13,16)(H,17,18). The zero-order chi connectivity index (χ0) is 13.1. The number of nitrogens with zero attached hydrogens (tertiary/aromatic N) is 2. The van der Waals surface area contributed by atoms with E-state index in [-0.39, 0.29) is 23.2 Å². The second kappa shape index (κ2) is 5.22. The number of carboxylic acid groups (broad SMARTS) is 1. The third-order valence-corrected chi connectivity index (χ3v) is 2.81. The minimum Gasteiger partial charge on any atom is -0.478 e. The Bertz CT molecular complexity index is 492. The molecule has 7 heteroatoms. The minimum absolute atomic E-state index is 0.0645. The molecule has 0 radical (unpaired) electrons. The number of rotatable bonds is 2. The van der Waals surface area contributed by atoms with Gasteiger partial charge in [0.15, 0.2) is 0 Å². The normalized spacial score (nSPS) is 16.1. The number of aromatic carboxylic acids is 1. The molecule has 0 unspecified atom stereocenters. The predicted octanol–water partition coefficient (Wildman–Crippen LogP) is 0.759. The molecular weight excluding hydrogens is 258 g/mol. The quantitative estimate of drug-likeness (QED) is 0.775. The second-order valence-corrected chi connectivity index (χ2v) is 4.35. The Morgan fingerprint density at radius 3 is 3.00 bits per heavy atom. The van der Waals surface area contributed by atoms with Crippen molar-refractivity contribution < 1.29 is 14.7 Å². The molecule has 1 aromatic heterocycles. The van der Waals surface area contributed by atoms with Crippen LogP contribution < -0.4 is 10.2 Å². The van der Waals surface area contributed by atoms with E-state index in [1.54, 1.807) is 4.90 Å². The molecule has 0 atom stereocenters. The van der Waals surface area contributed by atoms with Gasteiger partial charge in [-0.25, -0.2) is 9.78 Å². The van der Waals surface area contributed by atoms with Gasteiger partial charge in [-0.1, -0.05) is 11.6 Å². The summed E-state index contributed by atoms with van der Waals surface area (Å²) >= 11 is 5.79. The molecule has 1 amide bonds. The lowest BCUT2D eigenvalue weighted by Gasteiger charge is -2.20. The van der Waals surface area contributed by atoms with Crippen molar-refractivity contribution in [2.75, 3.05) is 24.5 Å². The number of carbonyl (C=O) groups excluding carboxylic acids is 1. The van der Waals surface area contributed by atoms with Crippen molar-refractivity contribution in [3.63, 3.8) is 0 Å². The molecule has 0 spiro atoms. The van der Waals surface area contributed by atoms with Crippen LogP contribution in [0.15, 0.2) is 12.1 Å². The first-order valence-electron chi connectivity index (χ1n) is 5.49. The molecule has 0 aliphatic carbocycles. The first-order valence-corrected chi connectivity index (χ1v) is 5.86. The number of halogens is 1. The number of hydrogen-bond acceptors (Lipinski definition) is 4. The molecule has 1 fully saturated rings. The zero-order valence-corrected chi connectivity index (χ0v) is 10.3. The number of hydrogen-bond donors (Lipinski definition) is 2. The fraction of sp³-hybridized carbons (Fsp3) is 0.364. The summed E-state index contributed by atoms with van der Waals surface area (Å²) < 4.78 is 0. The van der Waals surface area contributed by atoms with Crippen molar-refractivity contribution in [3.8, 4) is 0 Å². The van der Waals surface area contributed by atoms with Crippen LogP contribution in [-0.2, 0) is 4.79 Å². The maximum Gasteiger partial charge on any atom is 0.335 e. The first kappa shape index (κ1) is 12.6. The third kappa shape index (κ3) is 2.89. The van der Waals surface area contributed by atoms with Gasteiger partial charge in [-0.05, 0) is 18.6 Å². The predicted molar refractivity (Wildman–Crippen MR) is 66.0 cm³/mol. The molecule has 96 valence electrons. The fourth-order valence-electron chi connectivity index (χ4n) is 1.77. The molecule has 1 saturated heterocycles. The SMILES string of the molecule is O=C1CN(c2cc(C(=O)O)cc(Cl)n2)CCCN1. The Morgan fingerprint density at radius 1 is 1.50 bits per heavy atom. The number of carboxylic acids is 1. The molecule has 2 rings (SSSR count). The summed E-state index contributed by atoms with van der Waals surface area (Å²) in [6.45, 7) is 1.40. The van der Waals surface area contributed by atoms with Crippen LogP contribution in [0.25, 0.3) is 0 Å². The van der Waals surface area contributed by atoms with E-state index in [4.69, 9.17) is 16.7 Å². The highest BCUT2D eigenvalue weighted by Crippen LogP contribution is 2.19. The molecule has 1 aliphatic rings. The average molecular weight is 270 g/mol. The minimum atomic E-state index is -1.07. The third-order valence-electron chi connectivity index (χ3n) is 2.61. The maximum atomic E-state index is 11.4. The van der Waals surface area contributed by atoms with Crippen LogP contribution in [0, 0.1) is 0 Å². The molecule has 0 saturated carbocycles. The van der Waals surface area contributed by atoms with E-state index in [0.29, 0.717) is 18.9 Å². The lowest BCUT2D eigenvalue weighted by atomic mass is 10.2. The Balaban J connectivity index is 2.31. The molecule has 1 aliphatic heterocycles. The topological polar surface area (TPSA) is 82.5 Å². The van der Waals surface area contributed by atoms with Crippen molar-refractivity contribution in [2.24, 2.45) is 0 Å². The first-order chi connectivity index (χ1) is 8.56. The smallest absolute Gasteiger partial charge is 0.335 e. The van der Waals surface area contributed by atoms with Crippen LogP contribution in [0.3, 0.4) is 0 Å². The highest BCUT2D eigenvalue weighted by molar-refractivity contribution is 6.29. The summed E-state index contributed by atoms with van der Waals surface area (Å²) in [5.74, 6) is -0.761. The van der Waals surface area contributed by atoms with Gasteiger partial charge in [0.05, 0.1) is 12.1 Å². The van der Waals surface area contributed by atoms with E-state index < -0.39 is 5.97 Å². The molecule has 2 N–H and O–H groups in total. The van der Waals surface area contributed by atoms with Gasteiger partial charge in [-0.3, -0.25) is 4.79 Å². The van der Waals surface area contributed by atoms with Gasteiger partial charge in [0, 0.05) is 13.1 Å². The lowest BCUT2D eigenvalue weighted by molar-refractivity contribution is -0.119. The van der Waals surface area contributed by atoms with Crippen LogP contribution in [0.1, 0.15) is 16.8 Å². The number of nitrogens with one attached hydrogen (secondary N) is 1. The molecular formula is C11H12ClN3O3. The van der Waals surface area contributed by atoms with Crippen LogP contribution in [0.4, 0.5) is 5.82 Å². The van der Waals surface area contributed by atoms with E-state index in [2.05, 4.69) is 10.3 Å². The summed E-state index contributed by atoms with van der Waals surface area (Å²) in [6, 6.07) is 2.71. The van der Waals surface area contributed by atoms with Gasteiger partial charge in [-0.15, -0.1) is 0 Å². The van der Waals surface area contributed by atoms with Crippen molar-refractivity contribution in [3.05, 3.63) is 22.8 Å². The number of pyridine rings is 1. The van der Waals surface area contributed by atoms with Crippen LogP contribution in [0.5, 0.6) is 0 Å². The Labute approximate surface area is 109 Å². The van der Waals surface area contributed by atoms with Gasteiger partial charge < -0.3 is 15.3 Å². The molecule has 1 aromatic rings. The van der Waals surface area contributed by atoms with E-state index in [1.165, 1.54) is 12.1 Å². The number of amides is 1. The monoisotopic (exact) mass is 269 g/mol. The Morgan fingerprint density at radius 2 is 2.28 bits per heavy atom. The van der Waals surface area contributed by atoms with Gasteiger partial charge in [-0.2, -0.15) is 0 Å². The van der Waals surface area contributed by atoms with Gasteiger partial charge in [0.1, 0.15) is 11.0 Å². The summed E-state index contributed by atoms with van der Waals surface area (Å²) in [5, 5.41) is 11.8. The van der Waals surface area contributed by atoms with Crippen LogP contribution in [0.2, 0.25) is 5.15 Å². The van der Waals surface area contributed by atoms with Gasteiger partial charge in [0.2, 0.25) is 5.91 Å². The van der Waals surface area contributed by atoms with E-state index in [0.717, 1.165) is 6.42 Å². The Hall–Kier alpha value is -1.82. The molecule has 2 heterocycles. The average Bonchev–Trinajstić information content (AvgIpc) is 2.53. The molecule has 0 bridgehead atoms. The summed E-state index contributed by atoms with van der Waals surface area (Å²) in [5.41, 5.74) is 0.0645. The number of anilines is 1. The van der Waals surface area contributed by atoms with Gasteiger partial charge >= 0.3 is 5.97 Å². The highest BCUT2D eigenvalue weighted by Gasteiger charge is 2.18. The van der Waals surface area contributed by atoms with E-state index in [9.17, 15) is 9.59 Å². The Kier molecular flexibility index (Phi) is 3.66. The van der Waals surface area contributed by atoms with Crippen LogP contribution >= 0.6 is 11.6 Å². The van der Waals surface area contributed by atoms with E-state index in [1.807, 2.05) is 0 Å². The van der Waals surface area contributed by atoms with Crippen LogP contribution in [-0.4, -0.2) is 41.6 Å². The van der Waals surface area contributed by atoms with Crippen molar-refractivity contribution in [2.45, 2.75) is 6.42 Å². The lowest BCUT2D eigenvalue weighted by Crippen LogP contribution is -2.33. The molecule has 6 nitrogen and oxygen atoms in total. The summed E-state index contributed by atoms with van der Waals surface area (Å²) in [4.78, 5) is 28.2. The summed E-state index contributed by atoms with van der Waals surface area (Å²) in [7, 11) is 0. The molecule has 0 aromatic carbocycles. The van der Waals surface area contributed by atoms with Crippen molar-refractivity contribution in [1.29, 1.82) is 0 Å². The highest BCUT2D eigenvalue weighted by atomic mass is 35.5. The second-order valence-electron chi connectivity index (χ2n) is 3.97.